The molecule has 0 bridgehead atoms. The average molecular weight is 483 g/mol. The van der Waals surface area contributed by atoms with Crippen LogP contribution in [0, 0.1) is 5.92 Å². The number of nitrogens with one attached hydrogen (secondary N) is 1. The predicted octanol–water partition coefficient (Wildman–Crippen LogP) is 4.38. The predicted molar refractivity (Wildman–Crippen MR) is 107 cm³/mol. The van der Waals surface area contributed by atoms with Crippen LogP contribution in [0.15, 0.2) is 39.9 Å². The summed E-state index contributed by atoms with van der Waals surface area (Å²) >= 11 is 6.99. The molecule has 1 saturated heterocycles. The highest BCUT2D eigenvalue weighted by Gasteiger charge is 2.34. The SMILES string of the molecule is O=C(Nc1cc(Cl)ccc1OCC(F)(F)F)[C@H]1CCCN(S(=O)(=O)c2cccs2)C1. The fourth-order valence-electron chi connectivity index (χ4n) is 3.03. The molecule has 30 heavy (non-hydrogen) atoms. The lowest BCUT2D eigenvalue weighted by atomic mass is 9.98. The normalized spacial score (nSPS) is 18.2. The maximum Gasteiger partial charge on any atom is 0.422 e. The average Bonchev–Trinajstić information content (AvgIpc) is 3.22. The van der Waals surface area contributed by atoms with E-state index < -0.39 is 34.6 Å². The van der Waals surface area contributed by atoms with Crippen molar-refractivity contribution in [2.75, 3.05) is 25.0 Å². The minimum absolute atomic E-state index is 0.00464. The van der Waals surface area contributed by atoms with Crippen molar-refractivity contribution >= 4 is 44.6 Å². The zero-order chi connectivity index (χ0) is 21.9. The molecule has 0 aliphatic carbocycles. The van der Waals surface area contributed by atoms with Crippen molar-refractivity contribution in [2.24, 2.45) is 5.92 Å². The number of rotatable bonds is 6. The van der Waals surface area contributed by atoms with E-state index in [0.29, 0.717) is 19.4 Å². The number of anilines is 1. The number of alkyl halides is 3. The van der Waals surface area contributed by atoms with Crippen LogP contribution in [0.3, 0.4) is 0 Å². The molecule has 0 radical (unpaired) electrons. The molecule has 1 aromatic carbocycles. The molecule has 1 aromatic heterocycles. The fourth-order valence-corrected chi connectivity index (χ4v) is 5.87. The van der Waals surface area contributed by atoms with Crippen molar-refractivity contribution in [3.63, 3.8) is 0 Å². The number of benzene rings is 1. The van der Waals surface area contributed by atoms with Crippen LogP contribution >= 0.6 is 22.9 Å². The van der Waals surface area contributed by atoms with E-state index in [-0.39, 0.29) is 27.2 Å². The van der Waals surface area contributed by atoms with E-state index >= 15 is 0 Å². The van der Waals surface area contributed by atoms with E-state index in [1.165, 1.54) is 28.6 Å². The Hall–Kier alpha value is -1.82. The molecule has 1 aliphatic rings. The van der Waals surface area contributed by atoms with Crippen LogP contribution in [-0.2, 0) is 14.8 Å². The summed E-state index contributed by atoms with van der Waals surface area (Å²) in [5.74, 6) is -1.35. The molecule has 2 aromatic rings. The van der Waals surface area contributed by atoms with Gasteiger partial charge in [0.05, 0.1) is 11.6 Å². The highest BCUT2D eigenvalue weighted by atomic mass is 35.5. The lowest BCUT2D eigenvalue weighted by Gasteiger charge is -2.31. The van der Waals surface area contributed by atoms with Gasteiger partial charge in [-0.1, -0.05) is 17.7 Å². The summed E-state index contributed by atoms with van der Waals surface area (Å²) < 4.78 is 69.1. The quantitative estimate of drug-likeness (QED) is 0.663. The van der Waals surface area contributed by atoms with Gasteiger partial charge < -0.3 is 10.1 Å². The smallest absolute Gasteiger partial charge is 0.422 e. The highest BCUT2D eigenvalue weighted by molar-refractivity contribution is 7.91. The lowest BCUT2D eigenvalue weighted by molar-refractivity contribution is -0.153. The minimum Gasteiger partial charge on any atom is -0.482 e. The molecular weight excluding hydrogens is 465 g/mol. The van der Waals surface area contributed by atoms with Crippen LogP contribution in [0.1, 0.15) is 12.8 Å². The Morgan fingerprint density at radius 1 is 1.33 bits per heavy atom. The van der Waals surface area contributed by atoms with E-state index in [4.69, 9.17) is 16.3 Å². The van der Waals surface area contributed by atoms with Crippen molar-refractivity contribution < 1.29 is 31.1 Å². The maximum absolute atomic E-state index is 12.7. The second-order valence-electron chi connectivity index (χ2n) is 6.67. The Morgan fingerprint density at radius 3 is 2.77 bits per heavy atom. The van der Waals surface area contributed by atoms with Gasteiger partial charge in [0.25, 0.3) is 10.0 Å². The lowest BCUT2D eigenvalue weighted by Crippen LogP contribution is -2.43. The number of ether oxygens (including phenoxy) is 1. The first kappa shape index (κ1) is 22.9. The molecule has 1 aliphatic heterocycles. The van der Waals surface area contributed by atoms with E-state index in [1.54, 1.807) is 11.4 Å². The number of nitrogens with zero attached hydrogens (tertiary/aromatic N) is 1. The Kier molecular flexibility index (Phi) is 6.95. The van der Waals surface area contributed by atoms with E-state index in [1.807, 2.05) is 0 Å². The molecule has 1 amide bonds. The van der Waals surface area contributed by atoms with Gasteiger partial charge in [0.2, 0.25) is 5.91 Å². The zero-order valence-corrected chi connectivity index (χ0v) is 17.9. The van der Waals surface area contributed by atoms with Crippen LogP contribution in [0.2, 0.25) is 5.02 Å². The highest BCUT2D eigenvalue weighted by Crippen LogP contribution is 2.32. The van der Waals surface area contributed by atoms with Crippen LogP contribution < -0.4 is 10.1 Å². The Labute approximate surface area is 180 Å². The van der Waals surface area contributed by atoms with Crippen molar-refractivity contribution in [2.45, 2.75) is 23.2 Å². The molecular formula is C18H18ClF3N2O4S2. The van der Waals surface area contributed by atoms with Crippen molar-refractivity contribution in [1.29, 1.82) is 0 Å². The Bertz CT molecular complexity index is 997. The Morgan fingerprint density at radius 2 is 2.10 bits per heavy atom. The molecule has 1 atom stereocenters. The molecule has 3 rings (SSSR count). The summed E-state index contributed by atoms with van der Waals surface area (Å²) in [6.07, 6.45) is -3.61. The number of carbonyl (C=O) groups excluding carboxylic acids is 1. The van der Waals surface area contributed by atoms with E-state index in [0.717, 1.165) is 11.3 Å². The van der Waals surface area contributed by atoms with Gasteiger partial charge >= 0.3 is 6.18 Å². The van der Waals surface area contributed by atoms with Crippen molar-refractivity contribution in [3.8, 4) is 5.75 Å². The van der Waals surface area contributed by atoms with Gasteiger partial charge in [-0.05, 0) is 42.5 Å². The number of halogens is 4. The van der Waals surface area contributed by atoms with Gasteiger partial charge in [-0.15, -0.1) is 11.3 Å². The maximum atomic E-state index is 12.7. The summed E-state index contributed by atoms with van der Waals surface area (Å²) in [6, 6.07) is 7.00. The number of carbonyl (C=O) groups is 1. The van der Waals surface area contributed by atoms with Crippen molar-refractivity contribution in [1.82, 2.24) is 4.31 Å². The summed E-state index contributed by atoms with van der Waals surface area (Å²) in [5, 5.41) is 4.39. The molecule has 12 heteroatoms. The number of hydrogen-bond acceptors (Lipinski definition) is 5. The molecule has 164 valence electrons. The number of sulfonamides is 1. The molecule has 0 unspecified atom stereocenters. The van der Waals surface area contributed by atoms with Gasteiger partial charge in [0.1, 0.15) is 9.96 Å². The zero-order valence-electron chi connectivity index (χ0n) is 15.5. The molecule has 1 fully saturated rings. The largest absolute Gasteiger partial charge is 0.482 e. The topological polar surface area (TPSA) is 75.7 Å². The second-order valence-corrected chi connectivity index (χ2v) is 10.2. The molecule has 1 N–H and O–H groups in total. The van der Waals surface area contributed by atoms with Crippen LogP contribution in [0.25, 0.3) is 0 Å². The number of thiophene rings is 1. The third-order valence-corrected chi connectivity index (χ3v) is 7.91. The number of piperidine rings is 1. The third-order valence-electron chi connectivity index (χ3n) is 4.43. The van der Waals surface area contributed by atoms with Crippen molar-refractivity contribution in [3.05, 3.63) is 40.7 Å². The summed E-state index contributed by atoms with van der Waals surface area (Å²) in [7, 11) is -3.70. The monoisotopic (exact) mass is 482 g/mol. The van der Waals surface area contributed by atoms with Crippen LogP contribution in [0.4, 0.5) is 18.9 Å². The van der Waals surface area contributed by atoms with Crippen LogP contribution in [0.5, 0.6) is 5.75 Å². The van der Waals surface area contributed by atoms with E-state index in [9.17, 15) is 26.4 Å². The Balaban J connectivity index is 1.72. The van der Waals surface area contributed by atoms with Crippen LogP contribution in [-0.4, -0.2) is 44.5 Å². The number of amides is 1. The first-order valence-electron chi connectivity index (χ1n) is 8.90. The summed E-state index contributed by atoms with van der Waals surface area (Å²) in [6.45, 7) is -1.25. The molecule has 0 spiro atoms. The fraction of sp³-hybridized carbons (Fsp3) is 0.389. The second kappa shape index (κ2) is 9.13. The third kappa shape index (κ3) is 5.65. The van der Waals surface area contributed by atoms with Gasteiger partial charge in [-0.2, -0.15) is 17.5 Å². The standard InChI is InChI=1S/C18H18ClF3N2O4S2/c19-13-5-6-15(28-11-18(20,21)22)14(9-13)23-17(25)12-3-1-7-24(10-12)30(26,27)16-4-2-8-29-16/h2,4-6,8-9,12H,1,3,7,10-11H2,(H,23,25)/t12-/m0/s1. The first-order valence-corrected chi connectivity index (χ1v) is 11.6. The first-order chi connectivity index (χ1) is 14.1. The number of hydrogen-bond donors (Lipinski definition) is 1. The van der Waals surface area contributed by atoms with Gasteiger partial charge in [0.15, 0.2) is 6.61 Å². The summed E-state index contributed by atoms with van der Waals surface area (Å²) in [5.41, 5.74) is -0.00464. The van der Waals surface area contributed by atoms with Gasteiger partial charge in [-0.25, -0.2) is 8.42 Å². The summed E-state index contributed by atoms with van der Waals surface area (Å²) in [4.78, 5) is 12.7. The van der Waals surface area contributed by atoms with Gasteiger partial charge in [-0.3, -0.25) is 4.79 Å². The minimum atomic E-state index is -4.54. The van der Waals surface area contributed by atoms with Gasteiger partial charge in [0, 0.05) is 18.1 Å². The van der Waals surface area contributed by atoms with E-state index in [2.05, 4.69) is 5.32 Å². The molecule has 0 saturated carbocycles. The molecule has 2 heterocycles. The molecule has 6 nitrogen and oxygen atoms in total.